The molecule has 1 N–H and O–H groups in total. The summed E-state index contributed by atoms with van der Waals surface area (Å²) in [4.78, 5) is 12.1. The minimum atomic E-state index is -0.719. The Morgan fingerprint density at radius 3 is 2.71 bits per heavy atom. The largest absolute Gasteiger partial charge is 0.481 e. The summed E-state index contributed by atoms with van der Waals surface area (Å²) in [6.45, 7) is 1.82. The Bertz CT molecular complexity index is 633. The van der Waals surface area contributed by atoms with Crippen LogP contribution in [0.25, 0.3) is 0 Å². The number of nitrogens with one attached hydrogen (secondary N) is 1. The summed E-state index contributed by atoms with van der Waals surface area (Å²) in [5.41, 5.74) is 0.135. The fourth-order valence-corrected chi connectivity index (χ4v) is 1.98. The van der Waals surface area contributed by atoms with Gasteiger partial charge in [-0.15, -0.1) is 0 Å². The first kappa shape index (κ1) is 15.3. The Labute approximate surface area is 127 Å². The van der Waals surface area contributed by atoms with E-state index in [1.165, 1.54) is 12.1 Å². The van der Waals surface area contributed by atoms with E-state index in [9.17, 15) is 9.18 Å². The van der Waals surface area contributed by atoms with Crippen molar-refractivity contribution in [2.75, 3.05) is 5.32 Å². The molecule has 2 aromatic carbocycles. The zero-order chi connectivity index (χ0) is 15.2. The van der Waals surface area contributed by atoms with E-state index in [0.717, 1.165) is 0 Å². The maximum Gasteiger partial charge on any atom is 0.265 e. The standard InChI is InChI=1S/C16H15ClFNO2/c1-2-15(21-12-7-5-6-11(17)10-12)16(20)19-14-9-4-3-8-13(14)18/h3-10,15H,2H2,1H3,(H,19,20)/t15-/m1/s1. The van der Waals surface area contributed by atoms with Crippen LogP contribution in [0, 0.1) is 5.82 Å². The van der Waals surface area contributed by atoms with Crippen molar-refractivity contribution in [2.24, 2.45) is 0 Å². The number of halogens is 2. The smallest absolute Gasteiger partial charge is 0.265 e. The third-order valence-corrected chi connectivity index (χ3v) is 3.10. The van der Waals surface area contributed by atoms with Gasteiger partial charge in [0.25, 0.3) is 5.91 Å². The molecule has 2 aromatic rings. The number of anilines is 1. The molecule has 0 aromatic heterocycles. The molecular formula is C16H15ClFNO2. The van der Waals surface area contributed by atoms with Gasteiger partial charge in [-0.05, 0) is 36.8 Å². The molecule has 0 bridgehead atoms. The van der Waals surface area contributed by atoms with E-state index in [1.54, 1.807) is 36.4 Å². The molecule has 0 saturated carbocycles. The summed E-state index contributed by atoms with van der Waals surface area (Å²) in [5.74, 6) is -0.385. The zero-order valence-electron chi connectivity index (χ0n) is 11.5. The number of hydrogen-bond acceptors (Lipinski definition) is 2. The normalized spacial score (nSPS) is 11.8. The fraction of sp³-hybridized carbons (Fsp3) is 0.188. The van der Waals surface area contributed by atoms with Crippen LogP contribution in [0.2, 0.25) is 5.02 Å². The van der Waals surface area contributed by atoms with E-state index in [1.807, 2.05) is 6.92 Å². The van der Waals surface area contributed by atoms with Crippen LogP contribution in [-0.2, 0) is 4.79 Å². The molecule has 0 heterocycles. The summed E-state index contributed by atoms with van der Waals surface area (Å²) < 4.78 is 19.1. The molecule has 1 amide bonds. The number of hydrogen-bond donors (Lipinski definition) is 1. The Morgan fingerprint density at radius 2 is 2.05 bits per heavy atom. The van der Waals surface area contributed by atoms with Gasteiger partial charge in [-0.3, -0.25) is 4.79 Å². The van der Waals surface area contributed by atoms with Crippen LogP contribution < -0.4 is 10.1 Å². The first-order valence-corrected chi connectivity index (χ1v) is 6.95. The van der Waals surface area contributed by atoms with Crippen molar-refractivity contribution in [2.45, 2.75) is 19.4 Å². The SMILES string of the molecule is CC[C@@H](Oc1cccc(Cl)c1)C(=O)Nc1ccccc1F. The molecule has 0 spiro atoms. The van der Waals surface area contributed by atoms with Crippen molar-refractivity contribution in [3.8, 4) is 5.75 Å². The minimum absolute atomic E-state index is 0.135. The van der Waals surface area contributed by atoms with Crippen molar-refractivity contribution >= 4 is 23.2 Å². The van der Waals surface area contributed by atoms with E-state index >= 15 is 0 Å². The Hall–Kier alpha value is -2.07. The molecule has 0 aliphatic heterocycles. The van der Waals surface area contributed by atoms with Gasteiger partial charge in [0.15, 0.2) is 6.10 Å². The lowest BCUT2D eigenvalue weighted by Gasteiger charge is -2.17. The highest BCUT2D eigenvalue weighted by atomic mass is 35.5. The predicted molar refractivity (Wildman–Crippen MR) is 81.2 cm³/mol. The van der Waals surface area contributed by atoms with E-state index in [2.05, 4.69) is 5.32 Å². The first-order chi connectivity index (χ1) is 10.1. The molecule has 21 heavy (non-hydrogen) atoms. The number of para-hydroxylation sites is 1. The summed E-state index contributed by atoms with van der Waals surface area (Å²) in [5, 5.41) is 3.05. The van der Waals surface area contributed by atoms with Crippen molar-refractivity contribution in [3.05, 3.63) is 59.4 Å². The average molecular weight is 308 g/mol. The zero-order valence-corrected chi connectivity index (χ0v) is 12.2. The molecule has 0 unspecified atom stereocenters. The number of carbonyl (C=O) groups is 1. The van der Waals surface area contributed by atoms with Crippen LogP contribution in [0.5, 0.6) is 5.75 Å². The lowest BCUT2D eigenvalue weighted by Crippen LogP contribution is -2.32. The average Bonchev–Trinajstić information content (AvgIpc) is 2.47. The number of rotatable bonds is 5. The van der Waals surface area contributed by atoms with Crippen LogP contribution in [0.1, 0.15) is 13.3 Å². The number of carbonyl (C=O) groups excluding carboxylic acids is 1. The molecule has 1 atom stereocenters. The monoisotopic (exact) mass is 307 g/mol. The van der Waals surface area contributed by atoms with Crippen molar-refractivity contribution in [1.29, 1.82) is 0 Å². The summed E-state index contributed by atoms with van der Waals surface area (Å²) in [7, 11) is 0. The van der Waals surface area contributed by atoms with Crippen LogP contribution in [0.15, 0.2) is 48.5 Å². The second-order valence-corrected chi connectivity index (χ2v) is 4.88. The summed E-state index contributed by atoms with van der Waals surface area (Å²) in [6, 6.07) is 12.8. The van der Waals surface area contributed by atoms with Crippen LogP contribution in [0.4, 0.5) is 10.1 Å². The highest BCUT2D eigenvalue weighted by Crippen LogP contribution is 2.20. The second-order valence-electron chi connectivity index (χ2n) is 4.44. The van der Waals surface area contributed by atoms with Gasteiger partial charge in [-0.25, -0.2) is 4.39 Å². The number of benzene rings is 2. The van der Waals surface area contributed by atoms with E-state index in [0.29, 0.717) is 17.2 Å². The van der Waals surface area contributed by atoms with Gasteiger partial charge in [0.2, 0.25) is 0 Å². The van der Waals surface area contributed by atoms with E-state index in [4.69, 9.17) is 16.3 Å². The number of ether oxygens (including phenoxy) is 1. The molecule has 110 valence electrons. The molecule has 0 aliphatic rings. The molecule has 3 nitrogen and oxygen atoms in total. The van der Waals surface area contributed by atoms with Gasteiger partial charge in [0.1, 0.15) is 11.6 Å². The van der Waals surface area contributed by atoms with Gasteiger partial charge >= 0.3 is 0 Å². The van der Waals surface area contributed by atoms with E-state index in [-0.39, 0.29) is 5.69 Å². The fourth-order valence-electron chi connectivity index (χ4n) is 1.80. The second kappa shape index (κ2) is 7.09. The lowest BCUT2D eigenvalue weighted by molar-refractivity contribution is -0.122. The third-order valence-electron chi connectivity index (χ3n) is 2.87. The van der Waals surface area contributed by atoms with Crippen molar-refractivity contribution in [1.82, 2.24) is 0 Å². The molecule has 0 saturated heterocycles. The van der Waals surface area contributed by atoms with Gasteiger partial charge in [0.05, 0.1) is 5.69 Å². The Kier molecular flexibility index (Phi) is 5.17. The maximum atomic E-state index is 13.5. The van der Waals surface area contributed by atoms with Gasteiger partial charge in [-0.2, -0.15) is 0 Å². The Morgan fingerprint density at radius 1 is 1.29 bits per heavy atom. The third kappa shape index (κ3) is 4.20. The first-order valence-electron chi connectivity index (χ1n) is 6.57. The topological polar surface area (TPSA) is 38.3 Å². The Balaban J connectivity index is 2.07. The minimum Gasteiger partial charge on any atom is -0.481 e. The highest BCUT2D eigenvalue weighted by Gasteiger charge is 2.19. The van der Waals surface area contributed by atoms with Gasteiger partial charge in [-0.1, -0.05) is 36.7 Å². The molecule has 0 aliphatic carbocycles. The molecular weight excluding hydrogens is 293 g/mol. The van der Waals surface area contributed by atoms with Crippen LogP contribution >= 0.6 is 11.6 Å². The lowest BCUT2D eigenvalue weighted by atomic mass is 10.2. The predicted octanol–water partition coefficient (Wildman–Crippen LogP) is 4.28. The quantitative estimate of drug-likeness (QED) is 0.895. The van der Waals surface area contributed by atoms with Gasteiger partial charge < -0.3 is 10.1 Å². The summed E-state index contributed by atoms with van der Waals surface area (Å²) >= 11 is 5.87. The van der Waals surface area contributed by atoms with Crippen molar-refractivity contribution in [3.63, 3.8) is 0 Å². The summed E-state index contributed by atoms with van der Waals surface area (Å²) in [6.07, 6.45) is -0.268. The molecule has 0 radical (unpaired) electrons. The molecule has 0 fully saturated rings. The molecule has 2 rings (SSSR count). The van der Waals surface area contributed by atoms with Crippen LogP contribution in [0.3, 0.4) is 0 Å². The van der Waals surface area contributed by atoms with Crippen LogP contribution in [-0.4, -0.2) is 12.0 Å². The maximum absolute atomic E-state index is 13.5. The van der Waals surface area contributed by atoms with Crippen molar-refractivity contribution < 1.29 is 13.9 Å². The van der Waals surface area contributed by atoms with Gasteiger partial charge in [0, 0.05) is 5.02 Å². The molecule has 5 heteroatoms. The number of amides is 1. The van der Waals surface area contributed by atoms with E-state index < -0.39 is 17.8 Å². The highest BCUT2D eigenvalue weighted by molar-refractivity contribution is 6.30.